The summed E-state index contributed by atoms with van der Waals surface area (Å²) in [4.78, 5) is 0. The molecule has 0 bridgehead atoms. The Balaban J connectivity index is -0.00000000161. The first kappa shape index (κ1) is 29.8. The van der Waals surface area contributed by atoms with Crippen LogP contribution < -0.4 is 87.1 Å². The zero-order chi connectivity index (χ0) is 3.58. The fraction of sp³-hybridized carbons (Fsp3) is 0. The van der Waals surface area contributed by atoms with E-state index in [2.05, 4.69) is 0 Å². The van der Waals surface area contributed by atoms with E-state index in [9.17, 15) is 0 Å². The van der Waals surface area contributed by atoms with Crippen molar-refractivity contribution in [2.24, 2.45) is 0 Å². The molecule has 0 aliphatic carbocycles. The molecule has 0 aliphatic rings. The van der Waals surface area contributed by atoms with Crippen molar-refractivity contribution in [1.82, 2.24) is 6.15 Å². The van der Waals surface area contributed by atoms with Crippen LogP contribution in [0.15, 0.2) is 0 Å². The zero-order valence-electron chi connectivity index (χ0n) is 9.33. The van der Waals surface area contributed by atoms with E-state index in [1.54, 1.807) is 0 Å². The molecule has 0 fully saturated rings. The largest absolute Gasteiger partial charge is 2.00 e. The normalized spacial score (nSPS) is 3.38. The van der Waals surface area contributed by atoms with Crippen molar-refractivity contribution in [2.75, 3.05) is 0 Å². The van der Waals surface area contributed by atoms with Crippen molar-refractivity contribution in [1.29, 1.82) is 0 Å². The molecule has 8 heavy (non-hydrogen) atoms. The summed E-state index contributed by atoms with van der Waals surface area (Å²) >= 11 is 0. The van der Waals surface area contributed by atoms with E-state index >= 15 is 0 Å². The molecule has 0 radical (unpaired) electrons. The van der Waals surface area contributed by atoms with Gasteiger partial charge < -0.3 is 26.9 Å². The molecule has 0 saturated heterocycles. The van der Waals surface area contributed by atoms with E-state index in [1.165, 1.54) is 0 Å². The molecule has 0 aromatic heterocycles. The van der Waals surface area contributed by atoms with Crippen LogP contribution in [0.3, 0.4) is 0 Å². The molecule has 0 unspecified atom stereocenters. The van der Waals surface area contributed by atoms with Gasteiger partial charge in [0, 0.05) is 0 Å². The Kier molecular flexibility index (Phi) is 83.5. The molecule has 0 aromatic carbocycles. The maximum Gasteiger partial charge on any atom is 2.00 e. The van der Waals surface area contributed by atoms with Crippen LogP contribution in [0.1, 0.15) is 5.71 Å². The van der Waals surface area contributed by atoms with Gasteiger partial charge in [0.1, 0.15) is 0 Å². The second-order valence-electron chi connectivity index (χ2n) is 0.346. The van der Waals surface area contributed by atoms with E-state index in [0.29, 0.717) is 0 Å². The summed E-state index contributed by atoms with van der Waals surface area (Å²) in [7, 11) is -2.17. The van der Waals surface area contributed by atoms with Crippen LogP contribution in [-0.4, -0.2) is 60.1 Å². The first-order chi connectivity index (χ1) is 1.73. The zero-order valence-corrected chi connectivity index (χ0v) is 12.7. The summed E-state index contributed by atoms with van der Waals surface area (Å²) in [5.41, 5.74) is 0. The molecule has 0 rings (SSSR count). The van der Waals surface area contributed by atoms with Gasteiger partial charge in [-0.3, -0.25) is 0 Å². The van der Waals surface area contributed by atoms with Gasteiger partial charge in [-0.05, 0) is 0 Å². The molecule has 8 heteroatoms. The summed E-state index contributed by atoms with van der Waals surface area (Å²) in [5.74, 6) is 0. The molecule has 0 spiro atoms. The average Bonchev–Trinajstić information content (AvgIpc) is 0.811. The molecule has 0 atom stereocenters. The summed E-state index contributed by atoms with van der Waals surface area (Å²) in [5, 5.41) is 21.5. The van der Waals surface area contributed by atoms with E-state index in [0.717, 1.165) is 0 Å². The fourth-order valence-corrected chi connectivity index (χ4v) is 0. The first-order valence-corrected chi connectivity index (χ1v) is 0.775. The molecule has 0 aromatic rings. The van der Waals surface area contributed by atoms with Gasteiger partial charge in [0.25, 0.3) is 0 Å². The predicted octanol–water partition coefficient (Wildman–Crippen LogP) is -7.81. The van der Waals surface area contributed by atoms with Gasteiger partial charge in [0.05, 0.1) is 0 Å². The first-order valence-electron chi connectivity index (χ1n) is 0.775. The second kappa shape index (κ2) is 22.4. The summed E-state index contributed by atoms with van der Waals surface area (Å²) in [6, 6.07) is 0. The van der Waals surface area contributed by atoms with Gasteiger partial charge in [0.15, 0.2) is 0 Å². The van der Waals surface area contributed by atoms with Crippen molar-refractivity contribution < 1.29 is 102 Å². The van der Waals surface area contributed by atoms with Crippen LogP contribution in [-0.2, 0) is 0 Å². The van der Waals surface area contributed by atoms with Gasteiger partial charge in [0.2, 0.25) is 0 Å². The number of hydrogen-bond acceptors (Lipinski definition) is 4. The maximum absolute atomic E-state index is 7.17. The van der Waals surface area contributed by atoms with Gasteiger partial charge in [-0.1, -0.05) is 0 Å². The Labute approximate surface area is 149 Å². The molecular formula is H10BCaKNNaO3. The maximum atomic E-state index is 7.17. The average molecular weight is 185 g/mol. The minimum absolute atomic E-state index is 0. The Morgan fingerprint density at radius 2 is 1.12 bits per heavy atom. The van der Waals surface area contributed by atoms with Crippen LogP contribution in [0.2, 0.25) is 0 Å². The molecule has 0 amide bonds. The van der Waals surface area contributed by atoms with Crippen molar-refractivity contribution in [2.45, 2.75) is 0 Å². The van der Waals surface area contributed by atoms with E-state index < -0.39 is 7.32 Å². The molecular weight excluding hydrogens is 175 g/mol. The minimum Gasteiger partial charge on any atom is -1.00 e. The summed E-state index contributed by atoms with van der Waals surface area (Å²) < 4.78 is 0. The van der Waals surface area contributed by atoms with Crippen molar-refractivity contribution in [3.8, 4) is 0 Å². The second-order valence-corrected chi connectivity index (χ2v) is 0.346. The standard InChI is InChI=1S/BH3O3.Ca.K.H3N.Na.4H/c2-1(3)4;;;;;;;;/h2-4H;;;1H3;;;;;/q;+2;+1;;+1;4*-1. The molecule has 40 valence electrons. The summed E-state index contributed by atoms with van der Waals surface area (Å²) in [6.45, 7) is 0. The number of rotatable bonds is 0. The van der Waals surface area contributed by atoms with Crippen LogP contribution in [0, 0.1) is 0 Å². The van der Waals surface area contributed by atoms with Gasteiger partial charge in [-0.25, -0.2) is 0 Å². The fourth-order valence-electron chi connectivity index (χ4n) is 0. The van der Waals surface area contributed by atoms with E-state index in [-0.39, 0.29) is 131 Å². The quantitative estimate of drug-likeness (QED) is 0.282. The smallest absolute Gasteiger partial charge is 1.00 e. The molecule has 0 aliphatic heterocycles. The summed E-state index contributed by atoms with van der Waals surface area (Å²) in [6.07, 6.45) is 0. The third kappa shape index (κ3) is 52.5. The topological polar surface area (TPSA) is 95.7 Å². The Hall–Kier alpha value is 3.80. The van der Waals surface area contributed by atoms with E-state index in [1.807, 2.05) is 0 Å². The van der Waals surface area contributed by atoms with Crippen molar-refractivity contribution >= 4 is 45.1 Å². The SMILES string of the molecule is N.OB(O)O.[Ca+2].[H-].[H-].[H-].[H-].[K+].[Na+]. The van der Waals surface area contributed by atoms with Crippen molar-refractivity contribution in [3.63, 3.8) is 0 Å². The molecule has 0 saturated carbocycles. The van der Waals surface area contributed by atoms with Crippen LogP contribution in [0.25, 0.3) is 0 Å². The Morgan fingerprint density at radius 3 is 1.12 bits per heavy atom. The monoisotopic (exact) mass is 185 g/mol. The van der Waals surface area contributed by atoms with Gasteiger partial charge in [-0.15, -0.1) is 0 Å². The third-order valence-electron chi connectivity index (χ3n) is 0. The molecule has 4 nitrogen and oxygen atoms in total. The van der Waals surface area contributed by atoms with Gasteiger partial charge in [-0.2, -0.15) is 0 Å². The van der Waals surface area contributed by atoms with Crippen molar-refractivity contribution in [3.05, 3.63) is 0 Å². The van der Waals surface area contributed by atoms with Crippen LogP contribution >= 0.6 is 0 Å². The van der Waals surface area contributed by atoms with E-state index in [4.69, 9.17) is 15.1 Å². The Morgan fingerprint density at radius 1 is 1.12 bits per heavy atom. The molecule has 0 heterocycles. The predicted molar refractivity (Wildman–Crippen MR) is 27.6 cm³/mol. The van der Waals surface area contributed by atoms with Crippen LogP contribution in [0.5, 0.6) is 0 Å². The minimum atomic E-state index is -2.17. The number of hydrogen-bond donors (Lipinski definition) is 4. The third-order valence-corrected chi connectivity index (χ3v) is 0. The molecule has 6 N–H and O–H groups in total. The Bertz CT molecular complexity index is 35.0. The van der Waals surface area contributed by atoms with Gasteiger partial charge >= 0.3 is 126 Å². The van der Waals surface area contributed by atoms with Crippen LogP contribution in [0.4, 0.5) is 0 Å².